The highest BCUT2D eigenvalue weighted by Gasteiger charge is 2.19. The molecule has 4 heteroatoms. The fourth-order valence-corrected chi connectivity index (χ4v) is 3.09. The highest BCUT2D eigenvalue weighted by atomic mass is 32.1. The Bertz CT molecular complexity index is 357. The highest BCUT2D eigenvalue weighted by Crippen LogP contribution is 2.23. The summed E-state index contributed by atoms with van der Waals surface area (Å²) in [6.07, 6.45) is 5.63. The van der Waals surface area contributed by atoms with Crippen LogP contribution in [0.15, 0.2) is 0 Å². The molecule has 0 aromatic carbocycles. The second-order valence-electron chi connectivity index (χ2n) is 7.37. The first-order chi connectivity index (χ1) is 10.7. The first-order valence-electron chi connectivity index (χ1n) is 9.12. The Kier molecular flexibility index (Phi) is 11.9. The lowest BCUT2D eigenvalue weighted by Crippen LogP contribution is -2.20. The van der Waals surface area contributed by atoms with Gasteiger partial charge in [0.25, 0.3) is 0 Å². The van der Waals surface area contributed by atoms with E-state index in [1.165, 1.54) is 0 Å². The quantitative estimate of drug-likeness (QED) is 0.477. The Labute approximate surface area is 148 Å². The number of thiol groups is 1. The summed E-state index contributed by atoms with van der Waals surface area (Å²) in [5.41, 5.74) is 0. The standard InChI is InChI=1S/C19H36O3S/c1-6-17(20)14(3)10-11-18(21)16(5)12-13(2)8-7-9-15(4)19(22)23/h13-17,20H,6-12H2,1-5H3,(H,22,23)/t13-,14-,15-,16-,17-/m1/s1. The third-order valence-corrected chi connectivity index (χ3v) is 5.42. The fraction of sp³-hybridized carbons (Fsp3) is 0.895. The van der Waals surface area contributed by atoms with Gasteiger partial charge in [-0.15, -0.1) is 12.6 Å². The molecule has 0 unspecified atom stereocenters. The van der Waals surface area contributed by atoms with Crippen LogP contribution in [0.1, 0.15) is 79.6 Å². The largest absolute Gasteiger partial charge is 0.393 e. The normalized spacial score (nSPS) is 18.0. The van der Waals surface area contributed by atoms with Gasteiger partial charge < -0.3 is 5.11 Å². The molecule has 0 saturated heterocycles. The van der Waals surface area contributed by atoms with Gasteiger partial charge in [0.2, 0.25) is 0 Å². The monoisotopic (exact) mass is 344 g/mol. The number of carbonyl (C=O) groups excluding carboxylic acids is 2. The minimum absolute atomic E-state index is 0.0241. The number of Topliss-reactive ketones (excluding diaryl/α,β-unsaturated/α-hetero) is 1. The zero-order valence-electron chi connectivity index (χ0n) is 15.5. The summed E-state index contributed by atoms with van der Waals surface area (Å²) in [5.74, 6) is 1.10. The third-order valence-electron chi connectivity index (χ3n) is 4.98. The second kappa shape index (κ2) is 12.1. The second-order valence-corrected chi connectivity index (χ2v) is 7.81. The first-order valence-corrected chi connectivity index (χ1v) is 9.57. The average Bonchev–Trinajstić information content (AvgIpc) is 2.50. The molecule has 0 aliphatic carbocycles. The molecule has 0 aromatic rings. The van der Waals surface area contributed by atoms with Crippen molar-refractivity contribution in [1.29, 1.82) is 0 Å². The maximum absolute atomic E-state index is 12.2. The predicted octanol–water partition coefficient (Wildman–Crippen LogP) is 4.67. The molecule has 0 saturated carbocycles. The van der Waals surface area contributed by atoms with Crippen LogP contribution < -0.4 is 0 Å². The number of hydrogen-bond donors (Lipinski definition) is 2. The maximum atomic E-state index is 12.2. The van der Waals surface area contributed by atoms with Gasteiger partial charge in [-0.05, 0) is 37.5 Å². The van der Waals surface area contributed by atoms with Crippen molar-refractivity contribution in [3.8, 4) is 0 Å². The predicted molar refractivity (Wildman–Crippen MR) is 99.7 cm³/mol. The Morgan fingerprint density at radius 1 is 1.00 bits per heavy atom. The minimum Gasteiger partial charge on any atom is -0.393 e. The van der Waals surface area contributed by atoms with Crippen LogP contribution in [-0.2, 0) is 9.59 Å². The van der Waals surface area contributed by atoms with Gasteiger partial charge in [-0.3, -0.25) is 9.59 Å². The van der Waals surface area contributed by atoms with Crippen LogP contribution in [0.2, 0.25) is 0 Å². The molecule has 0 fully saturated rings. The molecule has 136 valence electrons. The van der Waals surface area contributed by atoms with E-state index in [-0.39, 0.29) is 29.0 Å². The van der Waals surface area contributed by atoms with E-state index in [1.54, 1.807) is 0 Å². The lowest BCUT2D eigenvalue weighted by molar-refractivity contribution is -0.123. The molecule has 0 heterocycles. The van der Waals surface area contributed by atoms with Gasteiger partial charge in [-0.1, -0.05) is 47.5 Å². The maximum Gasteiger partial charge on any atom is 0.188 e. The molecule has 0 rings (SSSR count). The van der Waals surface area contributed by atoms with Gasteiger partial charge in [0, 0.05) is 18.3 Å². The lowest BCUT2D eigenvalue weighted by Gasteiger charge is -2.19. The van der Waals surface area contributed by atoms with Gasteiger partial charge in [0.05, 0.1) is 6.10 Å². The van der Waals surface area contributed by atoms with Crippen molar-refractivity contribution in [2.45, 2.75) is 85.7 Å². The van der Waals surface area contributed by atoms with Crippen molar-refractivity contribution < 1.29 is 14.7 Å². The van der Waals surface area contributed by atoms with Crippen LogP contribution in [-0.4, -0.2) is 22.1 Å². The zero-order chi connectivity index (χ0) is 18.0. The van der Waals surface area contributed by atoms with E-state index in [2.05, 4.69) is 19.6 Å². The number of hydrogen-bond acceptors (Lipinski definition) is 3. The number of aliphatic hydroxyl groups is 1. The van der Waals surface area contributed by atoms with Crippen molar-refractivity contribution in [3.05, 3.63) is 0 Å². The summed E-state index contributed by atoms with van der Waals surface area (Å²) >= 11 is 3.86. The van der Waals surface area contributed by atoms with Crippen LogP contribution >= 0.6 is 12.6 Å². The van der Waals surface area contributed by atoms with Crippen molar-refractivity contribution >= 4 is 23.5 Å². The van der Waals surface area contributed by atoms with Crippen LogP contribution in [0, 0.1) is 23.7 Å². The first kappa shape index (κ1) is 22.6. The Balaban J connectivity index is 3.99. The molecule has 23 heavy (non-hydrogen) atoms. The number of rotatable bonds is 13. The van der Waals surface area contributed by atoms with Crippen molar-refractivity contribution in [1.82, 2.24) is 0 Å². The van der Waals surface area contributed by atoms with E-state index in [9.17, 15) is 14.7 Å². The van der Waals surface area contributed by atoms with Gasteiger partial charge in [0.1, 0.15) is 5.78 Å². The summed E-state index contributed by atoms with van der Waals surface area (Å²) in [6.45, 7) is 10.1. The van der Waals surface area contributed by atoms with E-state index in [1.807, 2.05) is 27.7 Å². The van der Waals surface area contributed by atoms with Gasteiger partial charge in [-0.2, -0.15) is 0 Å². The zero-order valence-corrected chi connectivity index (χ0v) is 16.4. The number of carbonyl (C=O) groups is 2. The van der Waals surface area contributed by atoms with Gasteiger partial charge in [-0.25, -0.2) is 0 Å². The third kappa shape index (κ3) is 10.2. The topological polar surface area (TPSA) is 54.4 Å². The molecular weight excluding hydrogens is 308 g/mol. The van der Waals surface area contributed by atoms with Crippen molar-refractivity contribution in [2.75, 3.05) is 0 Å². The van der Waals surface area contributed by atoms with E-state index in [0.29, 0.717) is 18.1 Å². The molecule has 0 spiro atoms. The Hall–Kier alpha value is -0.350. The van der Waals surface area contributed by atoms with E-state index in [0.717, 1.165) is 38.5 Å². The van der Waals surface area contributed by atoms with Gasteiger partial charge in [0.15, 0.2) is 5.12 Å². The van der Waals surface area contributed by atoms with Crippen LogP contribution in [0.5, 0.6) is 0 Å². The molecule has 3 nitrogen and oxygen atoms in total. The van der Waals surface area contributed by atoms with Gasteiger partial charge >= 0.3 is 0 Å². The molecule has 0 aliphatic heterocycles. The summed E-state index contributed by atoms with van der Waals surface area (Å²) in [7, 11) is 0. The minimum atomic E-state index is -0.298. The van der Waals surface area contributed by atoms with Crippen molar-refractivity contribution in [2.24, 2.45) is 23.7 Å². The molecule has 0 aromatic heterocycles. The molecule has 5 atom stereocenters. The molecule has 0 radical (unpaired) electrons. The van der Waals surface area contributed by atoms with Crippen LogP contribution in [0.3, 0.4) is 0 Å². The fourth-order valence-electron chi connectivity index (χ4n) is 2.96. The Morgan fingerprint density at radius 2 is 1.61 bits per heavy atom. The molecule has 0 amide bonds. The summed E-state index contributed by atoms with van der Waals surface area (Å²) in [6, 6.07) is 0. The molecule has 0 aliphatic rings. The van der Waals surface area contributed by atoms with Crippen LogP contribution in [0.4, 0.5) is 0 Å². The van der Waals surface area contributed by atoms with Crippen molar-refractivity contribution in [3.63, 3.8) is 0 Å². The lowest BCUT2D eigenvalue weighted by atomic mass is 9.87. The number of ketones is 1. The SMILES string of the molecule is CC[C@@H](O)[C@H](C)CCC(=O)[C@H](C)C[C@H](C)CCC[C@@H](C)C(=O)S. The summed E-state index contributed by atoms with van der Waals surface area (Å²) in [5, 5.41) is 9.73. The average molecular weight is 345 g/mol. The molecule has 1 N–H and O–H groups in total. The Morgan fingerprint density at radius 3 is 2.13 bits per heavy atom. The molecular formula is C19H36O3S. The highest BCUT2D eigenvalue weighted by molar-refractivity contribution is 7.96. The van der Waals surface area contributed by atoms with Crippen LogP contribution in [0.25, 0.3) is 0 Å². The van der Waals surface area contributed by atoms with E-state index < -0.39 is 0 Å². The van der Waals surface area contributed by atoms with E-state index in [4.69, 9.17) is 0 Å². The van der Waals surface area contributed by atoms with E-state index >= 15 is 0 Å². The smallest absolute Gasteiger partial charge is 0.188 e. The summed E-state index contributed by atoms with van der Waals surface area (Å²) < 4.78 is 0. The molecule has 0 bridgehead atoms. The summed E-state index contributed by atoms with van der Waals surface area (Å²) in [4.78, 5) is 23.3. The number of aliphatic hydroxyl groups excluding tert-OH is 1.